The second-order valence-electron chi connectivity index (χ2n) is 3.25. The maximum absolute atomic E-state index is 11.0. The minimum absolute atomic E-state index is 0.319. The first kappa shape index (κ1) is 13.2. The molecule has 0 saturated carbocycles. The summed E-state index contributed by atoms with van der Waals surface area (Å²) in [6, 6.07) is 0. The standard InChI is InChI=1S/C11H20O3/c1-4-9(3)7-6-8-10(12)11(13)14-5-2/h7,10,12H,4-6,8H2,1-3H3/b9-7-. The fourth-order valence-corrected chi connectivity index (χ4v) is 0.988. The molecule has 0 saturated heterocycles. The maximum Gasteiger partial charge on any atom is 0.334 e. The fourth-order valence-electron chi connectivity index (χ4n) is 0.988. The third-order valence-electron chi connectivity index (χ3n) is 2.05. The van der Waals surface area contributed by atoms with E-state index in [4.69, 9.17) is 0 Å². The van der Waals surface area contributed by atoms with Crippen molar-refractivity contribution in [2.75, 3.05) is 6.61 Å². The van der Waals surface area contributed by atoms with Gasteiger partial charge in [-0.05, 0) is 33.1 Å². The topological polar surface area (TPSA) is 46.5 Å². The van der Waals surface area contributed by atoms with E-state index in [0.29, 0.717) is 13.0 Å². The number of allylic oxidation sites excluding steroid dienone is 2. The molecule has 0 bridgehead atoms. The van der Waals surface area contributed by atoms with Gasteiger partial charge in [0.2, 0.25) is 0 Å². The van der Waals surface area contributed by atoms with E-state index in [2.05, 4.69) is 11.7 Å². The van der Waals surface area contributed by atoms with Gasteiger partial charge in [0, 0.05) is 0 Å². The van der Waals surface area contributed by atoms with E-state index < -0.39 is 12.1 Å². The molecule has 1 atom stereocenters. The zero-order valence-electron chi connectivity index (χ0n) is 9.25. The quantitative estimate of drug-likeness (QED) is 0.527. The van der Waals surface area contributed by atoms with Crippen molar-refractivity contribution in [3.8, 4) is 0 Å². The summed E-state index contributed by atoms with van der Waals surface area (Å²) in [6.45, 7) is 6.16. The van der Waals surface area contributed by atoms with Crippen LogP contribution in [0.3, 0.4) is 0 Å². The lowest BCUT2D eigenvalue weighted by molar-refractivity contribution is -0.153. The molecule has 0 heterocycles. The molecule has 0 aromatic carbocycles. The SMILES string of the molecule is CCOC(=O)C(O)CC/C=C(/C)CC. The number of rotatable bonds is 6. The smallest absolute Gasteiger partial charge is 0.334 e. The van der Waals surface area contributed by atoms with E-state index in [1.54, 1.807) is 6.92 Å². The van der Waals surface area contributed by atoms with Crippen molar-refractivity contribution in [1.82, 2.24) is 0 Å². The Labute approximate surface area is 85.8 Å². The van der Waals surface area contributed by atoms with Crippen molar-refractivity contribution in [2.24, 2.45) is 0 Å². The first-order chi connectivity index (χ1) is 6.61. The first-order valence-electron chi connectivity index (χ1n) is 5.12. The molecular weight excluding hydrogens is 180 g/mol. The van der Waals surface area contributed by atoms with Crippen LogP contribution in [0.2, 0.25) is 0 Å². The maximum atomic E-state index is 11.0. The highest BCUT2D eigenvalue weighted by Crippen LogP contribution is 2.05. The van der Waals surface area contributed by atoms with Crippen LogP contribution in [-0.2, 0) is 9.53 Å². The van der Waals surface area contributed by atoms with E-state index in [1.165, 1.54) is 5.57 Å². The van der Waals surface area contributed by atoms with Gasteiger partial charge in [-0.25, -0.2) is 4.79 Å². The summed E-state index contributed by atoms with van der Waals surface area (Å²) in [5.41, 5.74) is 1.28. The zero-order valence-corrected chi connectivity index (χ0v) is 9.25. The van der Waals surface area contributed by atoms with Gasteiger partial charge in [0.05, 0.1) is 6.61 Å². The molecule has 1 unspecified atom stereocenters. The predicted molar refractivity (Wildman–Crippen MR) is 55.9 cm³/mol. The highest BCUT2D eigenvalue weighted by Gasteiger charge is 2.14. The van der Waals surface area contributed by atoms with E-state index in [1.807, 2.05) is 13.0 Å². The molecule has 0 aromatic rings. The number of esters is 1. The molecule has 0 amide bonds. The molecule has 0 fully saturated rings. The number of carbonyl (C=O) groups excluding carboxylic acids is 1. The summed E-state index contributed by atoms with van der Waals surface area (Å²) in [7, 11) is 0. The summed E-state index contributed by atoms with van der Waals surface area (Å²) in [5.74, 6) is -0.518. The van der Waals surface area contributed by atoms with Crippen molar-refractivity contribution in [3.05, 3.63) is 11.6 Å². The Bertz CT molecular complexity index is 197. The minimum Gasteiger partial charge on any atom is -0.464 e. The van der Waals surface area contributed by atoms with E-state index in [0.717, 1.165) is 12.8 Å². The summed E-state index contributed by atoms with van der Waals surface area (Å²) in [6.07, 6.45) is 3.24. The molecule has 14 heavy (non-hydrogen) atoms. The monoisotopic (exact) mass is 200 g/mol. The van der Waals surface area contributed by atoms with E-state index in [9.17, 15) is 9.90 Å². The second kappa shape index (κ2) is 7.56. The number of hydrogen-bond donors (Lipinski definition) is 1. The number of aliphatic hydroxyl groups is 1. The molecule has 3 heteroatoms. The van der Waals surface area contributed by atoms with Crippen LogP contribution >= 0.6 is 0 Å². The van der Waals surface area contributed by atoms with Gasteiger partial charge in [-0.3, -0.25) is 0 Å². The van der Waals surface area contributed by atoms with Gasteiger partial charge in [-0.1, -0.05) is 18.6 Å². The molecule has 0 rings (SSSR count). The van der Waals surface area contributed by atoms with Crippen LogP contribution in [0.1, 0.15) is 40.0 Å². The molecule has 0 spiro atoms. The van der Waals surface area contributed by atoms with Crippen molar-refractivity contribution >= 4 is 5.97 Å². The van der Waals surface area contributed by atoms with Crippen molar-refractivity contribution in [1.29, 1.82) is 0 Å². The summed E-state index contributed by atoms with van der Waals surface area (Å²) >= 11 is 0. The van der Waals surface area contributed by atoms with E-state index in [-0.39, 0.29) is 0 Å². The Balaban J connectivity index is 3.73. The van der Waals surface area contributed by atoms with Gasteiger partial charge in [-0.2, -0.15) is 0 Å². The largest absolute Gasteiger partial charge is 0.464 e. The van der Waals surface area contributed by atoms with Crippen molar-refractivity contribution in [2.45, 2.75) is 46.1 Å². The normalized spacial score (nSPS) is 13.9. The third-order valence-corrected chi connectivity index (χ3v) is 2.05. The molecule has 3 nitrogen and oxygen atoms in total. The Hall–Kier alpha value is -0.830. The number of hydrogen-bond acceptors (Lipinski definition) is 3. The highest BCUT2D eigenvalue weighted by atomic mass is 16.5. The summed E-state index contributed by atoms with van der Waals surface area (Å²) in [4.78, 5) is 11.0. The lowest BCUT2D eigenvalue weighted by Gasteiger charge is -2.07. The summed E-state index contributed by atoms with van der Waals surface area (Å²) in [5, 5.41) is 9.33. The van der Waals surface area contributed by atoms with Crippen LogP contribution in [0.4, 0.5) is 0 Å². The predicted octanol–water partition coefficient (Wildman–Crippen LogP) is 2.05. The van der Waals surface area contributed by atoms with Crippen LogP contribution in [0.25, 0.3) is 0 Å². The Morgan fingerprint density at radius 2 is 2.14 bits per heavy atom. The molecule has 82 valence electrons. The third kappa shape index (κ3) is 5.75. The van der Waals surface area contributed by atoms with Crippen LogP contribution in [-0.4, -0.2) is 23.8 Å². The fraction of sp³-hybridized carbons (Fsp3) is 0.727. The van der Waals surface area contributed by atoms with Gasteiger partial charge < -0.3 is 9.84 Å². The molecule has 0 aliphatic carbocycles. The summed E-state index contributed by atoms with van der Waals surface area (Å²) < 4.78 is 4.68. The average Bonchev–Trinajstić information content (AvgIpc) is 2.17. The highest BCUT2D eigenvalue weighted by molar-refractivity contribution is 5.74. The van der Waals surface area contributed by atoms with Gasteiger partial charge in [0.1, 0.15) is 0 Å². The molecule has 0 aliphatic rings. The lowest BCUT2D eigenvalue weighted by atomic mass is 10.1. The Morgan fingerprint density at radius 3 is 2.64 bits per heavy atom. The van der Waals surface area contributed by atoms with Crippen LogP contribution in [0.5, 0.6) is 0 Å². The molecule has 0 aliphatic heterocycles. The first-order valence-corrected chi connectivity index (χ1v) is 5.12. The Morgan fingerprint density at radius 1 is 1.50 bits per heavy atom. The van der Waals surface area contributed by atoms with Gasteiger partial charge in [-0.15, -0.1) is 0 Å². The van der Waals surface area contributed by atoms with Crippen LogP contribution in [0, 0.1) is 0 Å². The number of ether oxygens (including phenoxy) is 1. The average molecular weight is 200 g/mol. The molecule has 0 aromatic heterocycles. The van der Waals surface area contributed by atoms with Crippen LogP contribution in [0.15, 0.2) is 11.6 Å². The zero-order chi connectivity index (χ0) is 11.0. The number of aliphatic hydroxyl groups excluding tert-OH is 1. The van der Waals surface area contributed by atoms with Crippen molar-refractivity contribution in [3.63, 3.8) is 0 Å². The molecule has 1 N–H and O–H groups in total. The minimum atomic E-state index is -0.976. The lowest BCUT2D eigenvalue weighted by Crippen LogP contribution is -2.22. The Kier molecular flexibility index (Phi) is 7.11. The molecular formula is C11H20O3. The van der Waals surface area contributed by atoms with Gasteiger partial charge in [0.15, 0.2) is 6.10 Å². The van der Waals surface area contributed by atoms with E-state index >= 15 is 0 Å². The van der Waals surface area contributed by atoms with Gasteiger partial charge in [0.25, 0.3) is 0 Å². The van der Waals surface area contributed by atoms with Crippen molar-refractivity contribution < 1.29 is 14.6 Å². The van der Waals surface area contributed by atoms with Gasteiger partial charge >= 0.3 is 5.97 Å². The van der Waals surface area contributed by atoms with Crippen LogP contribution < -0.4 is 0 Å². The number of carbonyl (C=O) groups is 1. The second-order valence-corrected chi connectivity index (χ2v) is 3.25. The molecule has 0 radical (unpaired) electrons.